The molecule has 1 atom stereocenters. The summed E-state index contributed by atoms with van der Waals surface area (Å²) < 4.78 is 13.2. The molecule has 1 fully saturated rings. The van der Waals surface area contributed by atoms with Crippen LogP contribution in [-0.2, 0) is 6.54 Å². The average Bonchev–Trinajstić information content (AvgIpc) is 2.80. The lowest BCUT2D eigenvalue weighted by molar-refractivity contribution is 0.0825. The Morgan fingerprint density at radius 1 is 1.06 bits per heavy atom. The number of hydrogen-bond donors (Lipinski definition) is 0. The molecule has 0 radical (unpaired) electrons. The number of carbonyl (C=O) groups is 1. The van der Waals surface area contributed by atoms with Crippen molar-refractivity contribution in [1.29, 1.82) is 0 Å². The second kappa shape index (κ2) is 9.57. The Morgan fingerprint density at radius 2 is 1.72 bits per heavy atom. The Labute approximate surface area is 188 Å². The molecular formula is C26H29FN4O. The zero-order valence-corrected chi connectivity index (χ0v) is 18.9. The number of piperidine rings is 1. The molecule has 0 aliphatic carbocycles. The lowest BCUT2D eigenvalue weighted by Crippen LogP contribution is -2.34. The van der Waals surface area contributed by atoms with Gasteiger partial charge in [0, 0.05) is 26.8 Å². The third-order valence-corrected chi connectivity index (χ3v) is 6.06. The molecule has 1 aromatic heterocycles. The van der Waals surface area contributed by atoms with Crippen molar-refractivity contribution in [3.05, 3.63) is 83.2 Å². The van der Waals surface area contributed by atoms with Crippen LogP contribution in [0, 0.1) is 12.7 Å². The van der Waals surface area contributed by atoms with E-state index in [2.05, 4.69) is 34.1 Å². The lowest BCUT2D eigenvalue weighted by Gasteiger charge is -2.35. The van der Waals surface area contributed by atoms with Gasteiger partial charge < -0.3 is 4.90 Å². The van der Waals surface area contributed by atoms with Gasteiger partial charge in [-0.25, -0.2) is 14.4 Å². The first kappa shape index (κ1) is 22.1. The summed E-state index contributed by atoms with van der Waals surface area (Å²) in [5, 5.41) is 0. The fourth-order valence-electron chi connectivity index (χ4n) is 4.25. The predicted molar refractivity (Wildman–Crippen MR) is 124 cm³/mol. The van der Waals surface area contributed by atoms with Gasteiger partial charge in [0.25, 0.3) is 5.91 Å². The molecule has 32 heavy (non-hydrogen) atoms. The SMILES string of the molecule is Cc1nc(C2CCCCN2Cc2ccc(-c3ccc(F)cc3)cc2)ncc1C(=O)N(C)C. The number of halogens is 1. The first-order valence-corrected chi connectivity index (χ1v) is 11.1. The van der Waals surface area contributed by atoms with Gasteiger partial charge >= 0.3 is 0 Å². The average molecular weight is 433 g/mol. The predicted octanol–water partition coefficient (Wildman–Crippen LogP) is 5.02. The molecule has 0 bridgehead atoms. The van der Waals surface area contributed by atoms with E-state index in [1.54, 1.807) is 37.3 Å². The van der Waals surface area contributed by atoms with E-state index < -0.39 is 0 Å². The summed E-state index contributed by atoms with van der Waals surface area (Å²) in [6.07, 6.45) is 4.98. The van der Waals surface area contributed by atoms with Gasteiger partial charge in [-0.05, 0) is 55.1 Å². The number of carbonyl (C=O) groups excluding carboxylic acids is 1. The van der Waals surface area contributed by atoms with Crippen LogP contribution in [-0.4, -0.2) is 46.3 Å². The Balaban J connectivity index is 1.51. The molecule has 1 aliphatic heterocycles. The van der Waals surface area contributed by atoms with E-state index in [0.717, 1.165) is 55.0 Å². The minimum absolute atomic E-state index is 0.0733. The molecule has 2 heterocycles. The summed E-state index contributed by atoms with van der Waals surface area (Å²) in [7, 11) is 3.47. The quantitative estimate of drug-likeness (QED) is 0.568. The van der Waals surface area contributed by atoms with Crippen LogP contribution < -0.4 is 0 Å². The summed E-state index contributed by atoms with van der Waals surface area (Å²) in [6, 6.07) is 15.2. The summed E-state index contributed by atoms with van der Waals surface area (Å²) in [4.78, 5) is 25.6. The summed E-state index contributed by atoms with van der Waals surface area (Å²) >= 11 is 0. The van der Waals surface area contributed by atoms with Crippen molar-refractivity contribution in [3.63, 3.8) is 0 Å². The van der Waals surface area contributed by atoms with Gasteiger partial charge in [0.1, 0.15) is 11.6 Å². The van der Waals surface area contributed by atoms with Gasteiger partial charge in [0.05, 0.1) is 17.3 Å². The highest BCUT2D eigenvalue weighted by Gasteiger charge is 2.27. The summed E-state index contributed by atoms with van der Waals surface area (Å²) in [5.74, 6) is 0.495. The number of nitrogens with zero attached hydrogens (tertiary/aromatic N) is 4. The summed E-state index contributed by atoms with van der Waals surface area (Å²) in [5.41, 5.74) is 4.58. The molecule has 1 unspecified atom stereocenters. The van der Waals surface area contributed by atoms with Crippen molar-refractivity contribution >= 4 is 5.91 Å². The monoisotopic (exact) mass is 432 g/mol. The fraction of sp³-hybridized carbons (Fsp3) is 0.346. The largest absolute Gasteiger partial charge is 0.345 e. The third kappa shape index (κ3) is 4.86. The minimum atomic E-state index is -0.224. The van der Waals surface area contributed by atoms with Crippen LogP contribution in [0.25, 0.3) is 11.1 Å². The van der Waals surface area contributed by atoms with E-state index in [1.165, 1.54) is 17.7 Å². The van der Waals surface area contributed by atoms with Crippen LogP contribution in [0.2, 0.25) is 0 Å². The maximum absolute atomic E-state index is 13.2. The van der Waals surface area contributed by atoms with Crippen molar-refractivity contribution < 1.29 is 9.18 Å². The van der Waals surface area contributed by atoms with Crippen molar-refractivity contribution in [2.45, 2.75) is 38.8 Å². The highest BCUT2D eigenvalue weighted by Crippen LogP contribution is 2.31. The maximum Gasteiger partial charge on any atom is 0.256 e. The molecule has 0 spiro atoms. The molecule has 0 N–H and O–H groups in total. The van der Waals surface area contributed by atoms with Gasteiger partial charge in [0.2, 0.25) is 0 Å². The zero-order chi connectivity index (χ0) is 22.7. The van der Waals surface area contributed by atoms with E-state index in [1.807, 2.05) is 6.92 Å². The van der Waals surface area contributed by atoms with Crippen molar-refractivity contribution in [2.24, 2.45) is 0 Å². The number of amides is 1. The van der Waals surface area contributed by atoms with Gasteiger partial charge in [-0.15, -0.1) is 0 Å². The summed E-state index contributed by atoms with van der Waals surface area (Å²) in [6.45, 7) is 3.68. The van der Waals surface area contributed by atoms with E-state index in [9.17, 15) is 9.18 Å². The molecule has 5 nitrogen and oxygen atoms in total. The van der Waals surface area contributed by atoms with E-state index in [-0.39, 0.29) is 17.8 Å². The molecule has 0 saturated carbocycles. The standard InChI is InChI=1S/C26H29FN4O/c1-18-23(26(32)30(2)3)16-28-25(29-18)24-6-4-5-15-31(24)17-19-7-9-20(10-8-19)21-11-13-22(27)14-12-21/h7-14,16,24H,4-6,15,17H2,1-3H3. The van der Waals surface area contributed by atoms with Crippen LogP contribution in [0.1, 0.15) is 52.7 Å². The number of hydrogen-bond acceptors (Lipinski definition) is 4. The second-order valence-corrected chi connectivity index (χ2v) is 8.61. The Morgan fingerprint density at radius 3 is 2.34 bits per heavy atom. The van der Waals surface area contributed by atoms with Crippen LogP contribution in [0.4, 0.5) is 4.39 Å². The van der Waals surface area contributed by atoms with E-state index in [4.69, 9.17) is 4.98 Å². The minimum Gasteiger partial charge on any atom is -0.345 e. The third-order valence-electron chi connectivity index (χ3n) is 6.06. The number of aromatic nitrogens is 2. The van der Waals surface area contributed by atoms with Gasteiger partial charge in [0.15, 0.2) is 0 Å². The number of aryl methyl sites for hydroxylation is 1. The van der Waals surface area contributed by atoms with Gasteiger partial charge in [-0.3, -0.25) is 9.69 Å². The van der Waals surface area contributed by atoms with Gasteiger partial charge in [-0.2, -0.15) is 0 Å². The fourth-order valence-corrected chi connectivity index (χ4v) is 4.25. The molecule has 1 saturated heterocycles. The Hall–Kier alpha value is -3.12. The van der Waals surface area contributed by atoms with Crippen LogP contribution in [0.15, 0.2) is 54.7 Å². The van der Waals surface area contributed by atoms with Crippen LogP contribution in [0.5, 0.6) is 0 Å². The zero-order valence-electron chi connectivity index (χ0n) is 18.9. The molecule has 2 aromatic carbocycles. The van der Waals surface area contributed by atoms with Gasteiger partial charge in [-0.1, -0.05) is 42.8 Å². The maximum atomic E-state index is 13.2. The highest BCUT2D eigenvalue weighted by molar-refractivity contribution is 5.94. The van der Waals surface area contributed by atoms with Crippen molar-refractivity contribution in [2.75, 3.05) is 20.6 Å². The van der Waals surface area contributed by atoms with E-state index in [0.29, 0.717) is 5.56 Å². The molecule has 3 aromatic rings. The smallest absolute Gasteiger partial charge is 0.256 e. The lowest BCUT2D eigenvalue weighted by atomic mass is 9.99. The second-order valence-electron chi connectivity index (χ2n) is 8.61. The normalized spacial score (nSPS) is 16.7. The highest BCUT2D eigenvalue weighted by atomic mass is 19.1. The first-order valence-electron chi connectivity index (χ1n) is 11.1. The molecule has 1 aliphatic rings. The van der Waals surface area contributed by atoms with Crippen molar-refractivity contribution in [1.82, 2.24) is 19.8 Å². The number of likely N-dealkylation sites (tertiary alicyclic amines) is 1. The molecule has 4 rings (SSSR count). The van der Waals surface area contributed by atoms with Crippen LogP contribution >= 0.6 is 0 Å². The first-order chi connectivity index (χ1) is 15.4. The van der Waals surface area contributed by atoms with Crippen LogP contribution in [0.3, 0.4) is 0 Å². The Kier molecular flexibility index (Phi) is 6.61. The molecule has 6 heteroatoms. The molecular weight excluding hydrogens is 403 g/mol. The number of benzene rings is 2. The van der Waals surface area contributed by atoms with Crippen molar-refractivity contribution in [3.8, 4) is 11.1 Å². The number of rotatable bonds is 5. The van der Waals surface area contributed by atoms with E-state index >= 15 is 0 Å². The topological polar surface area (TPSA) is 49.3 Å². The Bertz CT molecular complexity index is 1080. The molecule has 1 amide bonds. The molecule has 166 valence electrons.